The van der Waals surface area contributed by atoms with Gasteiger partial charge in [-0.25, -0.2) is 4.79 Å². The lowest BCUT2D eigenvalue weighted by Crippen LogP contribution is -2.43. The van der Waals surface area contributed by atoms with Crippen LogP contribution in [0.25, 0.3) is 0 Å². The van der Waals surface area contributed by atoms with E-state index in [1.165, 1.54) is 50.8 Å². The van der Waals surface area contributed by atoms with Crippen molar-refractivity contribution in [3.05, 3.63) is 26.6 Å². The van der Waals surface area contributed by atoms with Gasteiger partial charge in [0.25, 0.3) is 0 Å². The number of halogens is 2. The van der Waals surface area contributed by atoms with Crippen LogP contribution in [0.4, 0.5) is 5.69 Å². The summed E-state index contributed by atoms with van der Waals surface area (Å²) in [6.45, 7) is 5.59. The van der Waals surface area contributed by atoms with Crippen molar-refractivity contribution in [2.45, 2.75) is 77.6 Å². The second-order valence-electron chi connectivity index (χ2n) is 8.93. The third-order valence-electron chi connectivity index (χ3n) is 5.55. The summed E-state index contributed by atoms with van der Waals surface area (Å²) in [5.41, 5.74) is 1.79. The van der Waals surface area contributed by atoms with Gasteiger partial charge in [0.05, 0.1) is 17.5 Å². The zero-order chi connectivity index (χ0) is 25.3. The second-order valence-corrected chi connectivity index (χ2v) is 11.7. The number of amides is 2. The van der Waals surface area contributed by atoms with E-state index in [1.807, 2.05) is 12.1 Å². The number of nitrogens with zero attached hydrogens (tertiary/aromatic N) is 1. The molecular formula is C24H35Br2N3O4S. The van der Waals surface area contributed by atoms with Gasteiger partial charge in [0.2, 0.25) is 11.8 Å². The van der Waals surface area contributed by atoms with Gasteiger partial charge in [0.15, 0.2) is 0 Å². The van der Waals surface area contributed by atoms with Crippen LogP contribution < -0.4 is 10.6 Å². The van der Waals surface area contributed by atoms with Crippen LogP contribution in [0, 0.1) is 0 Å². The van der Waals surface area contributed by atoms with Gasteiger partial charge in [-0.2, -0.15) is 0 Å². The van der Waals surface area contributed by atoms with Crippen molar-refractivity contribution >= 4 is 67.1 Å². The zero-order valence-corrected chi connectivity index (χ0v) is 24.3. The van der Waals surface area contributed by atoms with Crippen molar-refractivity contribution in [1.29, 1.82) is 0 Å². The van der Waals surface area contributed by atoms with Gasteiger partial charge in [-0.15, -0.1) is 11.8 Å². The van der Waals surface area contributed by atoms with Crippen molar-refractivity contribution in [2.75, 3.05) is 23.9 Å². The van der Waals surface area contributed by atoms with Crippen molar-refractivity contribution in [3.8, 4) is 0 Å². The Morgan fingerprint density at radius 1 is 1.18 bits per heavy atom. The first-order chi connectivity index (χ1) is 16.1. The van der Waals surface area contributed by atoms with Crippen molar-refractivity contribution in [1.82, 2.24) is 10.2 Å². The molecule has 1 saturated carbocycles. The van der Waals surface area contributed by atoms with Crippen LogP contribution >= 0.6 is 43.6 Å². The quantitative estimate of drug-likeness (QED) is 0.335. The molecule has 0 radical (unpaired) electrons. The van der Waals surface area contributed by atoms with Crippen molar-refractivity contribution in [3.63, 3.8) is 0 Å². The highest BCUT2D eigenvalue weighted by Crippen LogP contribution is 2.33. The topological polar surface area (TPSA) is 87.7 Å². The van der Waals surface area contributed by atoms with Crippen LogP contribution in [0.2, 0.25) is 0 Å². The van der Waals surface area contributed by atoms with Gasteiger partial charge >= 0.3 is 5.97 Å². The number of rotatable bonds is 11. The number of carbonyl (C=O) groups is 3. The summed E-state index contributed by atoms with van der Waals surface area (Å²) in [4.78, 5) is 38.8. The minimum atomic E-state index is -0.795. The zero-order valence-electron chi connectivity index (χ0n) is 20.3. The molecule has 0 aromatic heterocycles. The van der Waals surface area contributed by atoms with E-state index in [9.17, 15) is 14.4 Å². The molecule has 0 heterocycles. The SMILES string of the molecule is CC(=O)N[C@@H](CSCC(=O)Nc1c(Br)cc(Br)cc1CN(C)C1CCCCC1)C(=O)OC(C)C. The van der Waals surface area contributed by atoms with Crippen molar-refractivity contribution < 1.29 is 19.1 Å². The fourth-order valence-corrected chi connectivity index (χ4v) is 6.23. The van der Waals surface area contributed by atoms with Crippen molar-refractivity contribution in [2.24, 2.45) is 0 Å². The maximum Gasteiger partial charge on any atom is 0.329 e. The van der Waals surface area contributed by atoms with E-state index in [0.717, 1.165) is 26.7 Å². The molecule has 34 heavy (non-hydrogen) atoms. The number of hydrogen-bond donors (Lipinski definition) is 2. The first kappa shape index (κ1) is 29.1. The first-order valence-electron chi connectivity index (χ1n) is 11.6. The Balaban J connectivity index is 2.00. The number of anilines is 1. The van der Waals surface area contributed by atoms with E-state index >= 15 is 0 Å². The Hall–Kier alpha value is -1.10. The summed E-state index contributed by atoms with van der Waals surface area (Å²) < 4.78 is 6.97. The van der Waals surface area contributed by atoms with E-state index in [1.54, 1.807) is 13.8 Å². The molecule has 1 aliphatic rings. The molecule has 2 amide bonds. The van der Waals surface area contributed by atoms with Gasteiger partial charge in [-0.3, -0.25) is 14.5 Å². The van der Waals surface area contributed by atoms with Gasteiger partial charge in [-0.05, 0) is 67.4 Å². The predicted octanol–water partition coefficient (Wildman–Crippen LogP) is 5.10. The van der Waals surface area contributed by atoms with E-state index < -0.39 is 12.0 Å². The van der Waals surface area contributed by atoms with Gasteiger partial charge in [0, 0.05) is 34.2 Å². The van der Waals surface area contributed by atoms with Crippen LogP contribution in [-0.4, -0.2) is 59.4 Å². The summed E-state index contributed by atoms with van der Waals surface area (Å²) >= 11 is 8.43. The maximum absolute atomic E-state index is 12.8. The predicted molar refractivity (Wildman–Crippen MR) is 145 cm³/mol. The maximum atomic E-state index is 12.8. The van der Waals surface area contributed by atoms with E-state index in [0.29, 0.717) is 6.04 Å². The first-order valence-corrected chi connectivity index (χ1v) is 14.3. The summed E-state index contributed by atoms with van der Waals surface area (Å²) in [5, 5.41) is 5.63. The summed E-state index contributed by atoms with van der Waals surface area (Å²) in [7, 11) is 2.14. The Bertz CT molecular complexity index is 863. The number of ether oxygens (including phenoxy) is 1. The smallest absolute Gasteiger partial charge is 0.329 e. The van der Waals surface area contributed by atoms with Crippen LogP contribution in [-0.2, 0) is 25.7 Å². The molecule has 1 aromatic carbocycles. The van der Waals surface area contributed by atoms with E-state index in [2.05, 4.69) is 54.4 Å². The number of hydrogen-bond acceptors (Lipinski definition) is 6. The lowest BCUT2D eigenvalue weighted by Gasteiger charge is -2.32. The molecule has 190 valence electrons. The highest BCUT2D eigenvalue weighted by Gasteiger charge is 2.23. The Morgan fingerprint density at radius 2 is 1.85 bits per heavy atom. The highest BCUT2D eigenvalue weighted by atomic mass is 79.9. The van der Waals surface area contributed by atoms with Gasteiger partial charge in [-0.1, -0.05) is 35.2 Å². The third kappa shape index (κ3) is 9.87. The highest BCUT2D eigenvalue weighted by molar-refractivity contribution is 9.11. The Labute approximate surface area is 223 Å². The molecule has 7 nitrogen and oxygen atoms in total. The average Bonchev–Trinajstić information content (AvgIpc) is 2.75. The normalized spacial score (nSPS) is 15.3. The molecule has 10 heteroatoms. The molecule has 0 unspecified atom stereocenters. The molecule has 1 aromatic rings. The molecular weight excluding hydrogens is 586 g/mol. The lowest BCUT2D eigenvalue weighted by molar-refractivity contribution is -0.150. The number of nitrogens with one attached hydrogen (secondary N) is 2. The molecule has 0 saturated heterocycles. The number of thioether (sulfide) groups is 1. The number of esters is 1. The Morgan fingerprint density at radius 3 is 2.47 bits per heavy atom. The molecule has 2 N–H and O–H groups in total. The standard InChI is InChI=1S/C24H35Br2N3O4S/c1-15(2)33-24(32)21(27-16(3)30)13-34-14-22(31)28-23-17(10-18(25)11-20(23)26)12-29(4)19-8-6-5-7-9-19/h10-11,15,19,21H,5-9,12-14H2,1-4H3,(H,27,30)(H,28,31)/t21-/m0/s1. The second kappa shape index (κ2) is 14.5. The van der Waals surface area contributed by atoms with Crippen LogP contribution in [0.15, 0.2) is 21.1 Å². The van der Waals surface area contributed by atoms with Crippen LogP contribution in [0.3, 0.4) is 0 Å². The molecule has 1 atom stereocenters. The lowest BCUT2D eigenvalue weighted by atomic mass is 9.94. The molecule has 1 aliphatic carbocycles. The summed E-state index contributed by atoms with van der Waals surface area (Å²) in [5.74, 6) is -0.598. The molecule has 0 bridgehead atoms. The Kier molecular flexibility index (Phi) is 12.4. The van der Waals surface area contributed by atoms with Gasteiger partial charge < -0.3 is 15.4 Å². The van der Waals surface area contributed by atoms with E-state index in [-0.39, 0.29) is 29.4 Å². The summed E-state index contributed by atoms with van der Waals surface area (Å²) in [6.07, 6.45) is 5.97. The fraction of sp³-hybridized carbons (Fsp3) is 0.625. The van der Waals surface area contributed by atoms with E-state index in [4.69, 9.17) is 4.74 Å². The minimum Gasteiger partial charge on any atom is -0.461 e. The molecule has 0 aliphatic heterocycles. The van der Waals surface area contributed by atoms with Crippen LogP contribution in [0.5, 0.6) is 0 Å². The third-order valence-corrected chi connectivity index (χ3v) is 7.67. The largest absolute Gasteiger partial charge is 0.461 e. The number of carbonyl (C=O) groups excluding carboxylic acids is 3. The average molecular weight is 621 g/mol. The monoisotopic (exact) mass is 619 g/mol. The minimum absolute atomic E-state index is 0.144. The number of benzene rings is 1. The summed E-state index contributed by atoms with van der Waals surface area (Å²) in [6, 6.07) is 3.72. The van der Waals surface area contributed by atoms with Gasteiger partial charge in [0.1, 0.15) is 6.04 Å². The molecule has 0 spiro atoms. The fourth-order valence-electron chi connectivity index (χ4n) is 3.98. The van der Waals surface area contributed by atoms with Crippen LogP contribution in [0.1, 0.15) is 58.4 Å². The molecule has 2 rings (SSSR count). The molecule has 1 fully saturated rings.